The second kappa shape index (κ2) is 6.50. The fourth-order valence-corrected chi connectivity index (χ4v) is 2.83. The van der Waals surface area contributed by atoms with E-state index in [1.165, 1.54) is 12.1 Å². The molecule has 112 valence electrons. The third-order valence-electron chi connectivity index (χ3n) is 3.97. The molecule has 2 rings (SSSR count). The second-order valence-corrected chi connectivity index (χ2v) is 5.62. The largest absolute Gasteiger partial charge is 0.367 e. The van der Waals surface area contributed by atoms with Gasteiger partial charge in [0.25, 0.3) is 0 Å². The van der Waals surface area contributed by atoms with E-state index < -0.39 is 11.6 Å². The van der Waals surface area contributed by atoms with Crippen molar-refractivity contribution in [1.29, 1.82) is 0 Å². The molecule has 0 aliphatic carbocycles. The summed E-state index contributed by atoms with van der Waals surface area (Å²) in [5.41, 5.74) is 0.761. The van der Waals surface area contributed by atoms with Crippen LogP contribution in [0.1, 0.15) is 18.4 Å². The van der Waals surface area contributed by atoms with Crippen molar-refractivity contribution in [1.82, 2.24) is 10.2 Å². The van der Waals surface area contributed by atoms with Gasteiger partial charge in [-0.2, -0.15) is 0 Å². The van der Waals surface area contributed by atoms with Gasteiger partial charge < -0.3 is 15.1 Å². The van der Waals surface area contributed by atoms with Gasteiger partial charge in [-0.1, -0.05) is 0 Å². The standard InChI is InChI=1S/C15H23F2N3/c1-18-10-11-8-13(16)15(14(17)9-11)20-6-4-12(5-7-20)19(2)3/h8-9,12,18H,4-7,10H2,1-3H3. The summed E-state index contributed by atoms with van der Waals surface area (Å²) in [6.07, 6.45) is 1.87. The maximum Gasteiger partial charge on any atom is 0.149 e. The fraction of sp³-hybridized carbons (Fsp3) is 0.600. The number of piperidine rings is 1. The van der Waals surface area contributed by atoms with Crippen molar-refractivity contribution < 1.29 is 8.78 Å². The van der Waals surface area contributed by atoms with E-state index in [2.05, 4.69) is 10.2 Å². The van der Waals surface area contributed by atoms with Gasteiger partial charge in [0, 0.05) is 25.7 Å². The molecule has 0 bridgehead atoms. The number of nitrogens with one attached hydrogen (secondary N) is 1. The summed E-state index contributed by atoms with van der Waals surface area (Å²) in [4.78, 5) is 4.01. The van der Waals surface area contributed by atoms with Crippen molar-refractivity contribution in [3.8, 4) is 0 Å². The predicted molar refractivity (Wildman–Crippen MR) is 78.0 cm³/mol. The first kappa shape index (κ1) is 15.2. The van der Waals surface area contributed by atoms with Crippen LogP contribution in [0.25, 0.3) is 0 Å². The molecule has 0 unspecified atom stereocenters. The van der Waals surface area contributed by atoms with Gasteiger partial charge in [0.15, 0.2) is 0 Å². The lowest BCUT2D eigenvalue weighted by Gasteiger charge is -2.36. The minimum Gasteiger partial charge on any atom is -0.367 e. The average Bonchev–Trinajstić information content (AvgIpc) is 2.39. The van der Waals surface area contributed by atoms with E-state index in [-0.39, 0.29) is 5.69 Å². The Morgan fingerprint density at radius 1 is 1.20 bits per heavy atom. The van der Waals surface area contributed by atoms with Gasteiger partial charge in [-0.25, -0.2) is 8.78 Å². The molecular weight excluding hydrogens is 260 g/mol. The second-order valence-electron chi connectivity index (χ2n) is 5.62. The third-order valence-corrected chi connectivity index (χ3v) is 3.97. The van der Waals surface area contributed by atoms with Crippen molar-refractivity contribution in [3.05, 3.63) is 29.3 Å². The Morgan fingerprint density at radius 3 is 2.20 bits per heavy atom. The highest BCUT2D eigenvalue weighted by Crippen LogP contribution is 2.28. The summed E-state index contributed by atoms with van der Waals surface area (Å²) in [5, 5.41) is 2.90. The molecule has 0 aromatic heterocycles. The molecule has 1 N–H and O–H groups in total. The van der Waals surface area contributed by atoms with Crippen molar-refractivity contribution in [2.45, 2.75) is 25.4 Å². The molecule has 1 aromatic carbocycles. The number of halogens is 2. The quantitative estimate of drug-likeness (QED) is 0.914. The van der Waals surface area contributed by atoms with E-state index in [1.807, 2.05) is 19.0 Å². The SMILES string of the molecule is CNCc1cc(F)c(N2CCC(N(C)C)CC2)c(F)c1. The van der Waals surface area contributed by atoms with Crippen LogP contribution < -0.4 is 10.2 Å². The summed E-state index contributed by atoms with van der Waals surface area (Å²) in [7, 11) is 5.86. The first-order valence-electron chi connectivity index (χ1n) is 7.06. The smallest absolute Gasteiger partial charge is 0.149 e. The molecule has 1 aliphatic rings. The normalized spacial score (nSPS) is 17.0. The number of hydrogen-bond donors (Lipinski definition) is 1. The highest BCUT2D eigenvalue weighted by Gasteiger charge is 2.25. The molecule has 1 heterocycles. The maximum atomic E-state index is 14.2. The van der Waals surface area contributed by atoms with Gasteiger partial charge >= 0.3 is 0 Å². The number of hydrogen-bond acceptors (Lipinski definition) is 3. The minimum atomic E-state index is -0.460. The number of nitrogens with zero attached hydrogens (tertiary/aromatic N) is 2. The van der Waals surface area contributed by atoms with E-state index in [0.717, 1.165) is 12.8 Å². The van der Waals surface area contributed by atoms with Gasteiger partial charge in [-0.05, 0) is 51.7 Å². The Bertz CT molecular complexity index is 431. The molecule has 1 saturated heterocycles. The summed E-state index contributed by atoms with van der Waals surface area (Å²) in [5.74, 6) is -0.919. The van der Waals surface area contributed by atoms with Crippen LogP contribution in [0.4, 0.5) is 14.5 Å². The Labute approximate surface area is 119 Å². The van der Waals surface area contributed by atoms with Crippen LogP contribution in [-0.4, -0.2) is 45.2 Å². The molecule has 0 atom stereocenters. The number of rotatable bonds is 4. The van der Waals surface area contributed by atoms with Crippen LogP contribution >= 0.6 is 0 Å². The van der Waals surface area contributed by atoms with E-state index in [1.54, 1.807) is 7.05 Å². The highest BCUT2D eigenvalue weighted by molar-refractivity contribution is 5.51. The topological polar surface area (TPSA) is 18.5 Å². The molecule has 0 spiro atoms. The van der Waals surface area contributed by atoms with Crippen molar-refractivity contribution in [2.75, 3.05) is 39.1 Å². The van der Waals surface area contributed by atoms with Crippen LogP contribution in [-0.2, 0) is 6.54 Å². The lowest BCUT2D eigenvalue weighted by molar-refractivity contribution is 0.249. The molecule has 0 radical (unpaired) electrons. The van der Waals surface area contributed by atoms with Crippen LogP contribution in [0.2, 0.25) is 0 Å². The average molecular weight is 283 g/mol. The lowest BCUT2D eigenvalue weighted by atomic mass is 10.0. The van der Waals surface area contributed by atoms with E-state index in [9.17, 15) is 8.78 Å². The monoisotopic (exact) mass is 283 g/mol. The molecule has 3 nitrogen and oxygen atoms in total. The Hall–Kier alpha value is -1.20. The van der Waals surface area contributed by atoms with Gasteiger partial charge in [0.1, 0.15) is 17.3 Å². The number of anilines is 1. The first-order chi connectivity index (χ1) is 9.52. The van der Waals surface area contributed by atoms with Crippen LogP contribution in [0.15, 0.2) is 12.1 Å². The Kier molecular flexibility index (Phi) is 4.94. The van der Waals surface area contributed by atoms with Gasteiger partial charge in [0.05, 0.1) is 0 Å². The van der Waals surface area contributed by atoms with Gasteiger partial charge in [-0.15, -0.1) is 0 Å². The van der Waals surface area contributed by atoms with Gasteiger partial charge in [0.2, 0.25) is 0 Å². The van der Waals surface area contributed by atoms with E-state index in [4.69, 9.17) is 0 Å². The molecular formula is C15H23F2N3. The molecule has 0 amide bonds. The first-order valence-corrected chi connectivity index (χ1v) is 7.06. The summed E-state index contributed by atoms with van der Waals surface area (Å²) < 4.78 is 28.3. The molecule has 20 heavy (non-hydrogen) atoms. The molecule has 5 heteroatoms. The zero-order chi connectivity index (χ0) is 14.7. The Morgan fingerprint density at radius 2 is 1.75 bits per heavy atom. The van der Waals surface area contributed by atoms with E-state index >= 15 is 0 Å². The fourth-order valence-electron chi connectivity index (χ4n) is 2.83. The van der Waals surface area contributed by atoms with E-state index in [0.29, 0.717) is 31.2 Å². The summed E-state index contributed by atoms with van der Waals surface area (Å²) in [6.45, 7) is 1.86. The van der Waals surface area contributed by atoms with Crippen molar-refractivity contribution >= 4 is 5.69 Å². The number of benzene rings is 1. The zero-order valence-electron chi connectivity index (χ0n) is 12.4. The van der Waals surface area contributed by atoms with Crippen LogP contribution in [0, 0.1) is 11.6 Å². The lowest BCUT2D eigenvalue weighted by Crippen LogP contribution is -2.42. The summed E-state index contributed by atoms with van der Waals surface area (Å²) in [6, 6.07) is 3.35. The van der Waals surface area contributed by atoms with Crippen molar-refractivity contribution in [3.63, 3.8) is 0 Å². The Balaban J connectivity index is 2.14. The molecule has 1 aliphatic heterocycles. The molecule has 1 fully saturated rings. The molecule has 1 aromatic rings. The highest BCUT2D eigenvalue weighted by atomic mass is 19.1. The maximum absolute atomic E-state index is 14.2. The van der Waals surface area contributed by atoms with Crippen LogP contribution in [0.5, 0.6) is 0 Å². The molecule has 0 saturated carbocycles. The summed E-state index contributed by atoms with van der Waals surface area (Å²) >= 11 is 0. The zero-order valence-corrected chi connectivity index (χ0v) is 12.4. The van der Waals surface area contributed by atoms with Crippen LogP contribution in [0.3, 0.4) is 0 Å². The van der Waals surface area contributed by atoms with Crippen molar-refractivity contribution in [2.24, 2.45) is 0 Å². The third kappa shape index (κ3) is 3.27. The minimum absolute atomic E-state index is 0.127. The predicted octanol–water partition coefficient (Wildman–Crippen LogP) is 2.21. The van der Waals surface area contributed by atoms with Gasteiger partial charge in [-0.3, -0.25) is 0 Å².